The van der Waals surface area contributed by atoms with Crippen molar-refractivity contribution in [2.75, 3.05) is 13.2 Å². The van der Waals surface area contributed by atoms with Crippen LogP contribution in [0.25, 0.3) is 0 Å². The van der Waals surface area contributed by atoms with E-state index >= 15 is 0 Å². The minimum absolute atomic E-state index is 0.0667. The highest BCUT2D eigenvalue weighted by Gasteiger charge is 2.14. The van der Waals surface area contributed by atoms with Gasteiger partial charge in [-0.1, -0.05) is 0 Å². The molecule has 0 heterocycles. The van der Waals surface area contributed by atoms with Gasteiger partial charge in [0.05, 0.1) is 5.56 Å². The Balaban J connectivity index is 2.36. The number of hydrogen-bond donors (Lipinski definition) is 3. The minimum Gasteiger partial charge on any atom is -0.508 e. The molecule has 1 aromatic rings. The summed E-state index contributed by atoms with van der Waals surface area (Å²) in [6.07, 6.45) is -0.750. The highest BCUT2D eigenvalue weighted by atomic mass is 16.5. The lowest BCUT2D eigenvalue weighted by atomic mass is 10.1. The number of carbonyl (C=O) groups is 1. The number of β-amino-alcohol motifs (C(OH)–C–C–N with tert-alkyl or cyclic N) is 1. The maximum atomic E-state index is 11.6. The van der Waals surface area contributed by atoms with Crippen LogP contribution < -0.4 is 5.32 Å². The van der Waals surface area contributed by atoms with Gasteiger partial charge in [-0.3, -0.25) is 0 Å². The van der Waals surface area contributed by atoms with Crippen LogP contribution in [0.5, 0.6) is 5.75 Å². The second-order valence-electron chi connectivity index (χ2n) is 5.43. The van der Waals surface area contributed by atoms with Crippen molar-refractivity contribution in [1.29, 1.82) is 0 Å². The van der Waals surface area contributed by atoms with E-state index in [0.717, 1.165) is 0 Å². The zero-order valence-electron chi connectivity index (χ0n) is 11.5. The monoisotopic (exact) mass is 267 g/mol. The zero-order valence-corrected chi connectivity index (χ0v) is 11.5. The third-order valence-corrected chi connectivity index (χ3v) is 2.38. The molecule has 1 aromatic carbocycles. The Morgan fingerprint density at radius 1 is 1.32 bits per heavy atom. The standard InChI is InChI=1S/C14H21NO4/c1-14(2,3)15-8-12(17)9-19-13(18)10-4-6-11(16)7-5-10/h4-7,12,15-17H,8-9H2,1-3H3/t12-/m0/s1. The maximum Gasteiger partial charge on any atom is 0.338 e. The molecule has 0 unspecified atom stereocenters. The van der Waals surface area contributed by atoms with Crippen LogP contribution in [0.1, 0.15) is 31.1 Å². The number of phenols is 1. The van der Waals surface area contributed by atoms with Gasteiger partial charge in [-0.05, 0) is 45.0 Å². The minimum atomic E-state index is -0.750. The van der Waals surface area contributed by atoms with Gasteiger partial charge in [0.25, 0.3) is 0 Å². The Morgan fingerprint density at radius 3 is 2.42 bits per heavy atom. The number of esters is 1. The van der Waals surface area contributed by atoms with Crippen LogP contribution in [0.3, 0.4) is 0 Å². The van der Waals surface area contributed by atoms with Crippen molar-refractivity contribution in [2.45, 2.75) is 32.4 Å². The van der Waals surface area contributed by atoms with Crippen LogP contribution in [0, 0.1) is 0 Å². The van der Waals surface area contributed by atoms with Gasteiger partial charge in [0.2, 0.25) is 0 Å². The molecule has 0 aromatic heterocycles. The van der Waals surface area contributed by atoms with Crippen LogP contribution in [-0.4, -0.2) is 41.0 Å². The number of aliphatic hydroxyl groups excluding tert-OH is 1. The van der Waals surface area contributed by atoms with E-state index in [1.54, 1.807) is 0 Å². The predicted octanol–water partition coefficient (Wildman–Crippen LogP) is 1.30. The Bertz CT molecular complexity index is 408. The lowest BCUT2D eigenvalue weighted by Crippen LogP contribution is -2.42. The van der Waals surface area contributed by atoms with Crippen LogP contribution in [0.15, 0.2) is 24.3 Å². The molecule has 3 N–H and O–H groups in total. The molecular formula is C14H21NO4. The first-order valence-electron chi connectivity index (χ1n) is 6.17. The Hall–Kier alpha value is -1.59. The summed E-state index contributed by atoms with van der Waals surface area (Å²) in [5, 5.41) is 21.9. The fraction of sp³-hybridized carbons (Fsp3) is 0.500. The number of benzene rings is 1. The van der Waals surface area contributed by atoms with E-state index < -0.39 is 12.1 Å². The van der Waals surface area contributed by atoms with E-state index in [-0.39, 0.29) is 17.9 Å². The molecule has 0 aliphatic heterocycles. The van der Waals surface area contributed by atoms with Gasteiger partial charge >= 0.3 is 5.97 Å². The molecule has 1 rings (SSSR count). The first-order chi connectivity index (χ1) is 8.78. The average Bonchev–Trinajstić information content (AvgIpc) is 2.33. The summed E-state index contributed by atoms with van der Waals surface area (Å²) in [6.45, 7) is 6.25. The molecule has 0 radical (unpaired) electrons. The first-order valence-corrected chi connectivity index (χ1v) is 6.17. The molecule has 0 aliphatic rings. The number of hydrogen-bond acceptors (Lipinski definition) is 5. The van der Waals surface area contributed by atoms with Crippen LogP contribution in [0.4, 0.5) is 0 Å². The molecular weight excluding hydrogens is 246 g/mol. The largest absolute Gasteiger partial charge is 0.508 e. The number of aliphatic hydroxyl groups is 1. The molecule has 0 spiro atoms. The second kappa shape index (κ2) is 6.54. The molecule has 106 valence electrons. The molecule has 0 amide bonds. The molecule has 19 heavy (non-hydrogen) atoms. The van der Waals surface area contributed by atoms with Gasteiger partial charge in [0.15, 0.2) is 0 Å². The van der Waals surface area contributed by atoms with E-state index in [4.69, 9.17) is 9.84 Å². The second-order valence-corrected chi connectivity index (χ2v) is 5.43. The topological polar surface area (TPSA) is 78.8 Å². The van der Waals surface area contributed by atoms with Crippen LogP contribution in [0.2, 0.25) is 0 Å². The summed E-state index contributed by atoms with van der Waals surface area (Å²) in [4.78, 5) is 11.6. The lowest BCUT2D eigenvalue weighted by molar-refractivity contribution is 0.0247. The summed E-state index contributed by atoms with van der Waals surface area (Å²) in [5.41, 5.74) is 0.246. The smallest absolute Gasteiger partial charge is 0.338 e. The van der Waals surface area contributed by atoms with E-state index in [0.29, 0.717) is 12.1 Å². The maximum absolute atomic E-state index is 11.6. The average molecular weight is 267 g/mol. The molecule has 5 heteroatoms. The summed E-state index contributed by atoms with van der Waals surface area (Å²) in [5.74, 6) is -0.430. The highest BCUT2D eigenvalue weighted by molar-refractivity contribution is 5.89. The van der Waals surface area contributed by atoms with E-state index in [2.05, 4.69) is 5.32 Å². The Morgan fingerprint density at radius 2 is 1.89 bits per heavy atom. The number of phenolic OH excluding ortho intramolecular Hbond substituents is 1. The summed E-state index contributed by atoms with van der Waals surface area (Å²) in [7, 11) is 0. The third kappa shape index (κ3) is 6.22. The predicted molar refractivity (Wildman–Crippen MR) is 72.2 cm³/mol. The Kier molecular flexibility index (Phi) is 5.32. The van der Waals surface area contributed by atoms with Gasteiger partial charge in [-0.2, -0.15) is 0 Å². The lowest BCUT2D eigenvalue weighted by Gasteiger charge is -2.22. The van der Waals surface area contributed by atoms with Crippen molar-refractivity contribution in [3.8, 4) is 5.75 Å². The molecule has 0 saturated heterocycles. The van der Waals surface area contributed by atoms with Crippen LogP contribution >= 0.6 is 0 Å². The van der Waals surface area contributed by atoms with Crippen molar-refractivity contribution in [3.05, 3.63) is 29.8 Å². The molecule has 0 aliphatic carbocycles. The number of nitrogens with one attached hydrogen (secondary N) is 1. The molecule has 5 nitrogen and oxygen atoms in total. The quantitative estimate of drug-likeness (QED) is 0.701. The molecule has 0 bridgehead atoms. The van der Waals surface area contributed by atoms with Gasteiger partial charge in [0, 0.05) is 12.1 Å². The molecule has 0 saturated carbocycles. The van der Waals surface area contributed by atoms with Gasteiger partial charge in [-0.15, -0.1) is 0 Å². The SMILES string of the molecule is CC(C)(C)NC[C@H](O)COC(=O)c1ccc(O)cc1. The third-order valence-electron chi connectivity index (χ3n) is 2.38. The fourth-order valence-corrected chi connectivity index (χ4v) is 1.34. The first kappa shape index (κ1) is 15.5. The molecule has 0 fully saturated rings. The highest BCUT2D eigenvalue weighted by Crippen LogP contribution is 2.10. The van der Waals surface area contributed by atoms with E-state index in [1.165, 1.54) is 24.3 Å². The fourth-order valence-electron chi connectivity index (χ4n) is 1.34. The number of aromatic hydroxyl groups is 1. The van der Waals surface area contributed by atoms with Gasteiger partial charge < -0.3 is 20.3 Å². The number of carbonyl (C=O) groups excluding carboxylic acids is 1. The van der Waals surface area contributed by atoms with Crippen molar-refractivity contribution in [2.24, 2.45) is 0 Å². The van der Waals surface area contributed by atoms with Gasteiger partial charge in [-0.25, -0.2) is 4.79 Å². The van der Waals surface area contributed by atoms with Crippen molar-refractivity contribution in [1.82, 2.24) is 5.32 Å². The summed E-state index contributed by atoms with van der Waals surface area (Å²) < 4.78 is 4.98. The molecule has 1 atom stereocenters. The number of ether oxygens (including phenoxy) is 1. The summed E-state index contributed by atoms with van der Waals surface area (Å²) in [6, 6.07) is 5.76. The van der Waals surface area contributed by atoms with Gasteiger partial charge in [0.1, 0.15) is 18.5 Å². The normalized spacial score (nSPS) is 13.1. The van der Waals surface area contributed by atoms with E-state index in [9.17, 15) is 9.90 Å². The van der Waals surface area contributed by atoms with Crippen molar-refractivity contribution < 1.29 is 19.7 Å². The Labute approximate surface area is 113 Å². The van der Waals surface area contributed by atoms with Crippen molar-refractivity contribution >= 4 is 5.97 Å². The summed E-state index contributed by atoms with van der Waals surface area (Å²) >= 11 is 0. The number of rotatable bonds is 5. The van der Waals surface area contributed by atoms with Crippen molar-refractivity contribution in [3.63, 3.8) is 0 Å². The van der Waals surface area contributed by atoms with E-state index in [1.807, 2.05) is 20.8 Å². The zero-order chi connectivity index (χ0) is 14.5. The van der Waals surface area contributed by atoms with Crippen LogP contribution in [-0.2, 0) is 4.74 Å².